The molecule has 1 unspecified atom stereocenters. The zero-order valence-corrected chi connectivity index (χ0v) is 11.1. The molecule has 94 valence electrons. The van der Waals surface area contributed by atoms with E-state index in [2.05, 4.69) is 38.1 Å². The maximum absolute atomic E-state index is 10.9. The molecule has 0 aromatic heterocycles. The number of hydrogen-bond acceptors (Lipinski definition) is 1. The molecule has 1 aliphatic rings. The normalized spacial score (nSPS) is 27.9. The third kappa shape index (κ3) is 2.71. The number of hydrogen-bond donors (Lipinski definition) is 1. The molecule has 0 aliphatic heterocycles. The summed E-state index contributed by atoms with van der Waals surface area (Å²) < 4.78 is 0. The van der Waals surface area contributed by atoms with Crippen LogP contribution in [0.3, 0.4) is 0 Å². The van der Waals surface area contributed by atoms with Crippen molar-refractivity contribution in [1.82, 2.24) is 0 Å². The highest BCUT2D eigenvalue weighted by Crippen LogP contribution is 2.46. The molecule has 1 saturated carbocycles. The molecule has 1 fully saturated rings. The lowest BCUT2D eigenvalue weighted by Crippen LogP contribution is -2.47. The van der Waals surface area contributed by atoms with Crippen molar-refractivity contribution in [1.29, 1.82) is 0 Å². The fourth-order valence-corrected chi connectivity index (χ4v) is 3.01. The quantitative estimate of drug-likeness (QED) is 0.836. The largest absolute Gasteiger partial charge is 0.389 e. The van der Waals surface area contributed by atoms with Gasteiger partial charge in [0.1, 0.15) is 0 Å². The average molecular weight is 232 g/mol. The minimum absolute atomic E-state index is 0.0695. The van der Waals surface area contributed by atoms with Crippen molar-refractivity contribution in [3.8, 4) is 0 Å². The highest BCUT2D eigenvalue weighted by molar-refractivity contribution is 5.15. The van der Waals surface area contributed by atoms with Crippen molar-refractivity contribution in [2.45, 2.75) is 58.0 Å². The topological polar surface area (TPSA) is 20.2 Å². The summed E-state index contributed by atoms with van der Waals surface area (Å²) in [5, 5.41) is 10.9. The van der Waals surface area contributed by atoms with Gasteiger partial charge in [0.2, 0.25) is 0 Å². The number of aryl methyl sites for hydroxylation is 1. The summed E-state index contributed by atoms with van der Waals surface area (Å²) in [5.74, 6) is 0. The molecule has 1 heteroatoms. The minimum Gasteiger partial charge on any atom is -0.389 e. The third-order valence-electron chi connectivity index (χ3n) is 4.57. The molecule has 1 aromatic carbocycles. The van der Waals surface area contributed by atoms with Gasteiger partial charge in [0, 0.05) is 0 Å². The van der Waals surface area contributed by atoms with Crippen LogP contribution >= 0.6 is 0 Å². The van der Waals surface area contributed by atoms with Gasteiger partial charge in [0.25, 0.3) is 0 Å². The van der Waals surface area contributed by atoms with Gasteiger partial charge in [-0.05, 0) is 36.7 Å². The Morgan fingerprint density at radius 2 is 1.71 bits per heavy atom. The Morgan fingerprint density at radius 3 is 2.35 bits per heavy atom. The Bertz CT molecular complexity index is 355. The molecule has 0 spiro atoms. The predicted octanol–water partition coefficient (Wildman–Crippen LogP) is 3.95. The van der Waals surface area contributed by atoms with Crippen molar-refractivity contribution in [2.24, 2.45) is 5.41 Å². The fourth-order valence-electron chi connectivity index (χ4n) is 3.01. The van der Waals surface area contributed by atoms with E-state index in [1.165, 1.54) is 18.4 Å². The second-order valence-corrected chi connectivity index (χ2v) is 6.11. The van der Waals surface area contributed by atoms with Crippen LogP contribution in [0.1, 0.15) is 51.5 Å². The summed E-state index contributed by atoms with van der Waals surface area (Å²) in [6.45, 7) is 4.44. The van der Waals surface area contributed by atoms with Crippen LogP contribution in [0.5, 0.6) is 0 Å². The smallest absolute Gasteiger partial charge is 0.0701 e. The summed E-state index contributed by atoms with van der Waals surface area (Å²) in [4.78, 5) is 0. The molecular formula is C16H24O. The van der Waals surface area contributed by atoms with E-state index in [0.29, 0.717) is 0 Å². The number of benzene rings is 1. The molecular weight excluding hydrogens is 208 g/mol. The van der Waals surface area contributed by atoms with Crippen LogP contribution in [0.2, 0.25) is 0 Å². The molecule has 0 amide bonds. The molecule has 1 aromatic rings. The van der Waals surface area contributed by atoms with Crippen LogP contribution in [0, 0.1) is 5.41 Å². The second kappa shape index (κ2) is 4.81. The van der Waals surface area contributed by atoms with E-state index in [-0.39, 0.29) is 5.41 Å². The maximum atomic E-state index is 10.9. The van der Waals surface area contributed by atoms with Crippen molar-refractivity contribution >= 4 is 0 Å². The van der Waals surface area contributed by atoms with E-state index in [4.69, 9.17) is 0 Å². The van der Waals surface area contributed by atoms with Gasteiger partial charge in [0.05, 0.1) is 5.60 Å². The molecule has 0 saturated heterocycles. The standard InChI is InChI=1S/C16H24O/c1-15(2)11-6-7-12-16(15,17)13-10-14-8-4-3-5-9-14/h3-5,8-9,17H,6-7,10-13H2,1-2H3. The fraction of sp³-hybridized carbons (Fsp3) is 0.625. The summed E-state index contributed by atoms with van der Waals surface area (Å²) in [5.41, 5.74) is 0.934. The Balaban J connectivity index is 2.02. The Morgan fingerprint density at radius 1 is 1.06 bits per heavy atom. The number of aliphatic hydroxyl groups is 1. The molecule has 0 heterocycles. The van der Waals surface area contributed by atoms with Gasteiger partial charge >= 0.3 is 0 Å². The molecule has 1 N–H and O–H groups in total. The first-order valence-corrected chi connectivity index (χ1v) is 6.80. The van der Waals surface area contributed by atoms with Crippen LogP contribution in [-0.2, 0) is 6.42 Å². The van der Waals surface area contributed by atoms with E-state index in [1.807, 2.05) is 6.07 Å². The van der Waals surface area contributed by atoms with Gasteiger partial charge in [-0.1, -0.05) is 57.0 Å². The van der Waals surface area contributed by atoms with E-state index < -0.39 is 5.60 Å². The van der Waals surface area contributed by atoms with Crippen molar-refractivity contribution < 1.29 is 5.11 Å². The molecule has 0 bridgehead atoms. The van der Waals surface area contributed by atoms with Gasteiger partial charge < -0.3 is 5.11 Å². The SMILES string of the molecule is CC1(C)CCCCC1(O)CCc1ccccc1. The van der Waals surface area contributed by atoms with Gasteiger partial charge in [-0.2, -0.15) is 0 Å². The molecule has 0 radical (unpaired) electrons. The average Bonchev–Trinajstić information content (AvgIpc) is 2.32. The van der Waals surface area contributed by atoms with Gasteiger partial charge in [-0.3, -0.25) is 0 Å². The molecule has 2 rings (SSSR count). The maximum Gasteiger partial charge on any atom is 0.0701 e. The van der Waals surface area contributed by atoms with Gasteiger partial charge in [0.15, 0.2) is 0 Å². The van der Waals surface area contributed by atoms with Crippen molar-refractivity contribution in [3.05, 3.63) is 35.9 Å². The Hall–Kier alpha value is -0.820. The first-order chi connectivity index (χ1) is 8.04. The first-order valence-electron chi connectivity index (χ1n) is 6.80. The summed E-state index contributed by atoms with van der Waals surface area (Å²) in [6.07, 6.45) is 6.44. The van der Waals surface area contributed by atoms with E-state index >= 15 is 0 Å². The molecule has 17 heavy (non-hydrogen) atoms. The molecule has 1 aliphatic carbocycles. The summed E-state index contributed by atoms with van der Waals surface area (Å²) in [7, 11) is 0. The predicted molar refractivity (Wildman–Crippen MR) is 72.0 cm³/mol. The van der Waals surface area contributed by atoms with Crippen LogP contribution in [-0.4, -0.2) is 10.7 Å². The van der Waals surface area contributed by atoms with E-state index in [0.717, 1.165) is 25.7 Å². The Kier molecular flexibility index (Phi) is 3.58. The third-order valence-corrected chi connectivity index (χ3v) is 4.57. The van der Waals surface area contributed by atoms with Gasteiger partial charge in [-0.15, -0.1) is 0 Å². The molecule has 1 nitrogen and oxygen atoms in total. The molecule has 1 atom stereocenters. The van der Waals surface area contributed by atoms with Crippen LogP contribution in [0.15, 0.2) is 30.3 Å². The minimum atomic E-state index is -0.471. The van der Waals surface area contributed by atoms with Crippen molar-refractivity contribution in [3.63, 3.8) is 0 Å². The van der Waals surface area contributed by atoms with Crippen molar-refractivity contribution in [2.75, 3.05) is 0 Å². The second-order valence-electron chi connectivity index (χ2n) is 6.11. The monoisotopic (exact) mass is 232 g/mol. The van der Waals surface area contributed by atoms with Crippen LogP contribution in [0.4, 0.5) is 0 Å². The Labute approximate surface area is 105 Å². The summed E-state index contributed by atoms with van der Waals surface area (Å²) in [6, 6.07) is 10.5. The van der Waals surface area contributed by atoms with Crippen LogP contribution < -0.4 is 0 Å². The zero-order chi connectivity index (χ0) is 12.4. The summed E-state index contributed by atoms with van der Waals surface area (Å²) >= 11 is 0. The van der Waals surface area contributed by atoms with Crippen LogP contribution in [0.25, 0.3) is 0 Å². The zero-order valence-electron chi connectivity index (χ0n) is 11.1. The lowest BCUT2D eigenvalue weighted by atomic mass is 9.63. The lowest BCUT2D eigenvalue weighted by Gasteiger charge is -2.46. The first kappa shape index (κ1) is 12.6. The number of rotatable bonds is 3. The van der Waals surface area contributed by atoms with E-state index in [9.17, 15) is 5.11 Å². The van der Waals surface area contributed by atoms with E-state index in [1.54, 1.807) is 0 Å². The highest BCUT2D eigenvalue weighted by Gasteiger charge is 2.44. The lowest BCUT2D eigenvalue weighted by molar-refractivity contribution is -0.102. The van der Waals surface area contributed by atoms with Gasteiger partial charge in [-0.25, -0.2) is 0 Å². The highest BCUT2D eigenvalue weighted by atomic mass is 16.3.